The number of anilines is 1. The van der Waals surface area contributed by atoms with E-state index in [1.54, 1.807) is 10.6 Å². The van der Waals surface area contributed by atoms with E-state index in [1.807, 2.05) is 0 Å². The van der Waals surface area contributed by atoms with Crippen LogP contribution in [0.25, 0.3) is 11.0 Å². The first-order valence-electron chi connectivity index (χ1n) is 16.1. The summed E-state index contributed by atoms with van der Waals surface area (Å²) in [5, 5.41) is 3.75. The molecule has 0 spiro atoms. The van der Waals surface area contributed by atoms with Gasteiger partial charge in [-0.1, -0.05) is 43.5 Å². The summed E-state index contributed by atoms with van der Waals surface area (Å²) >= 11 is 0. The first-order valence-corrected chi connectivity index (χ1v) is 16.1. The lowest BCUT2D eigenvalue weighted by atomic mass is 9.85. The summed E-state index contributed by atoms with van der Waals surface area (Å²) in [6.07, 6.45) is 9.08. The number of ether oxygens (including phenoxy) is 1. The van der Waals surface area contributed by atoms with E-state index in [9.17, 15) is 9.18 Å². The normalized spacial score (nSPS) is 22.5. The molecule has 244 valence electrons. The summed E-state index contributed by atoms with van der Waals surface area (Å²) in [5.41, 5.74) is 0.261. The van der Waals surface area contributed by atoms with Gasteiger partial charge in [0.25, 0.3) is 11.5 Å². The number of alkyl halides is 3. The zero-order valence-electron chi connectivity index (χ0n) is 25.8. The summed E-state index contributed by atoms with van der Waals surface area (Å²) in [6, 6.07) is 4.97. The summed E-state index contributed by atoms with van der Waals surface area (Å²) in [7, 11) is 0. The minimum absolute atomic E-state index is 0.00911. The lowest BCUT2D eigenvalue weighted by molar-refractivity contribution is -0.0880. The number of aromatic nitrogens is 3. The van der Waals surface area contributed by atoms with Crippen LogP contribution < -0.4 is 10.9 Å². The van der Waals surface area contributed by atoms with Gasteiger partial charge in [-0.25, -0.2) is 27.5 Å². The van der Waals surface area contributed by atoms with Crippen molar-refractivity contribution in [2.75, 3.05) is 44.8 Å². The molecule has 0 amide bonds. The van der Waals surface area contributed by atoms with Crippen molar-refractivity contribution in [2.45, 2.75) is 76.3 Å². The molecule has 1 N–H and O–H groups in total. The molecule has 3 aromatic rings. The van der Waals surface area contributed by atoms with Crippen molar-refractivity contribution in [3.05, 3.63) is 76.1 Å². The fourth-order valence-electron chi connectivity index (χ4n) is 6.60. The quantitative estimate of drug-likeness (QED) is 0.173. The highest BCUT2D eigenvalue weighted by Crippen LogP contribution is 2.44. The third-order valence-corrected chi connectivity index (χ3v) is 9.12. The third kappa shape index (κ3) is 7.57. The van der Waals surface area contributed by atoms with E-state index >= 15 is 13.2 Å². The molecule has 3 aliphatic rings. The molecule has 0 unspecified atom stereocenters. The molecular weight excluding hydrogens is 586 g/mol. The maximum atomic E-state index is 16.0. The van der Waals surface area contributed by atoms with Crippen LogP contribution in [0.5, 0.6) is 0 Å². The highest BCUT2D eigenvalue weighted by molar-refractivity contribution is 5.87. The van der Waals surface area contributed by atoms with Crippen LogP contribution >= 0.6 is 0 Å². The van der Waals surface area contributed by atoms with Crippen molar-refractivity contribution < 1.29 is 22.3 Å². The number of fused-ring (bicyclic) bond motifs is 9. The van der Waals surface area contributed by atoms with Gasteiger partial charge in [-0.05, 0) is 64.2 Å². The SMILES string of the molecule is C=C[C@H]1Nc2ncnc3c2cc(CCCOCCF)c(=O)n3CCCCCCCN2CCC(CC2)C(F)(F)c2cccc1c2F. The Balaban J connectivity index is 1.54. The van der Waals surface area contributed by atoms with E-state index in [4.69, 9.17) is 4.74 Å². The van der Waals surface area contributed by atoms with Gasteiger partial charge in [-0.15, -0.1) is 6.58 Å². The van der Waals surface area contributed by atoms with Crippen molar-refractivity contribution in [1.29, 1.82) is 0 Å². The Kier molecular flexibility index (Phi) is 11.3. The molecule has 2 aromatic heterocycles. The molecule has 1 atom stereocenters. The van der Waals surface area contributed by atoms with Crippen LogP contribution in [0.15, 0.2) is 48.0 Å². The molecule has 45 heavy (non-hydrogen) atoms. The van der Waals surface area contributed by atoms with Crippen molar-refractivity contribution in [3.63, 3.8) is 0 Å². The maximum absolute atomic E-state index is 16.0. The summed E-state index contributed by atoms with van der Waals surface area (Å²) < 4.78 is 67.2. The smallest absolute Gasteiger partial charge is 0.278 e. The number of pyridine rings is 1. The van der Waals surface area contributed by atoms with Crippen LogP contribution in [0.4, 0.5) is 23.4 Å². The van der Waals surface area contributed by atoms with Crippen LogP contribution in [-0.2, 0) is 23.6 Å². The molecule has 5 heterocycles. The Morgan fingerprint density at radius 2 is 1.80 bits per heavy atom. The molecule has 11 heteroatoms. The number of nitrogens with zero attached hydrogens (tertiary/aromatic N) is 4. The standard InChI is InChI=1S/C34H43F4N5O2/c1-2-29-26-11-8-12-28(30(26)36)34(37,38)25-13-18-42(19-14-25)16-6-4-3-5-7-17-43-32-27(31(41-29)39-23-40-32)22-24(33(43)44)10-9-20-45-21-15-35/h2,8,11-12,22-23,25,29H,1,3-7,9-10,13-21H2,(H,39,40,41)/t29-/m1/s1. The minimum atomic E-state index is -3.32. The molecule has 1 saturated heterocycles. The van der Waals surface area contributed by atoms with Crippen molar-refractivity contribution >= 4 is 16.9 Å². The number of nitrogens with one attached hydrogen (secondary N) is 1. The molecule has 6 rings (SSSR count). The lowest BCUT2D eigenvalue weighted by Crippen LogP contribution is -2.40. The second-order valence-corrected chi connectivity index (χ2v) is 12.1. The molecule has 3 aliphatic heterocycles. The summed E-state index contributed by atoms with van der Waals surface area (Å²) in [4.78, 5) is 24.8. The highest BCUT2D eigenvalue weighted by Gasteiger charge is 2.45. The average molecular weight is 630 g/mol. The topological polar surface area (TPSA) is 72.3 Å². The summed E-state index contributed by atoms with van der Waals surface area (Å²) in [5.74, 6) is -4.89. The van der Waals surface area contributed by atoms with Gasteiger partial charge in [-0.3, -0.25) is 9.36 Å². The Labute approximate surface area is 261 Å². The molecule has 8 bridgehead atoms. The number of hydrogen-bond acceptors (Lipinski definition) is 6. The van der Waals surface area contributed by atoms with Gasteiger partial charge in [0.1, 0.15) is 30.3 Å². The Bertz CT molecular complexity index is 1510. The minimum Gasteiger partial charge on any atom is -0.379 e. The third-order valence-electron chi connectivity index (χ3n) is 9.12. The molecule has 0 saturated carbocycles. The zero-order valence-corrected chi connectivity index (χ0v) is 25.8. The fraction of sp³-hybridized carbons (Fsp3) is 0.559. The van der Waals surface area contributed by atoms with Gasteiger partial charge >= 0.3 is 0 Å². The van der Waals surface area contributed by atoms with E-state index in [2.05, 4.69) is 26.8 Å². The van der Waals surface area contributed by atoms with E-state index in [1.165, 1.54) is 30.6 Å². The highest BCUT2D eigenvalue weighted by atomic mass is 19.3. The predicted octanol–water partition coefficient (Wildman–Crippen LogP) is 6.96. The Morgan fingerprint density at radius 1 is 1.04 bits per heavy atom. The zero-order chi connectivity index (χ0) is 31.8. The second-order valence-electron chi connectivity index (χ2n) is 12.1. The number of aryl methyl sites for hydroxylation is 2. The Hall–Kier alpha value is -3.31. The van der Waals surface area contributed by atoms with Gasteiger partial charge in [0.2, 0.25) is 0 Å². The van der Waals surface area contributed by atoms with Gasteiger partial charge < -0.3 is 15.0 Å². The second kappa shape index (κ2) is 15.3. The van der Waals surface area contributed by atoms with E-state index in [0.717, 1.165) is 38.6 Å². The predicted molar refractivity (Wildman–Crippen MR) is 168 cm³/mol. The largest absolute Gasteiger partial charge is 0.379 e. The molecule has 1 aromatic carbocycles. The van der Waals surface area contributed by atoms with E-state index < -0.39 is 35.9 Å². The first kappa shape index (κ1) is 33.1. The number of rotatable bonds is 7. The maximum Gasteiger partial charge on any atom is 0.278 e. The number of halogens is 4. The number of piperidine rings is 1. The monoisotopic (exact) mass is 629 g/mol. The van der Waals surface area contributed by atoms with Crippen LogP contribution in [0.3, 0.4) is 0 Å². The number of benzene rings is 1. The van der Waals surface area contributed by atoms with Crippen molar-refractivity contribution in [3.8, 4) is 0 Å². The molecule has 0 radical (unpaired) electrons. The Morgan fingerprint density at radius 3 is 2.56 bits per heavy atom. The number of hydrogen-bond donors (Lipinski definition) is 1. The van der Waals surface area contributed by atoms with Gasteiger partial charge in [0.15, 0.2) is 0 Å². The lowest BCUT2D eigenvalue weighted by Gasteiger charge is -2.36. The van der Waals surface area contributed by atoms with Crippen molar-refractivity contribution in [1.82, 2.24) is 19.4 Å². The average Bonchev–Trinajstić information content (AvgIpc) is 3.04. The van der Waals surface area contributed by atoms with Gasteiger partial charge in [-0.2, -0.15) is 0 Å². The van der Waals surface area contributed by atoms with Crippen molar-refractivity contribution in [2.24, 2.45) is 5.92 Å². The molecule has 7 nitrogen and oxygen atoms in total. The molecular formula is C34H43F4N5O2. The van der Waals surface area contributed by atoms with Crippen LogP contribution in [0.2, 0.25) is 0 Å². The van der Waals surface area contributed by atoms with Crippen LogP contribution in [0.1, 0.15) is 74.1 Å². The first-order chi connectivity index (χ1) is 21.8. The summed E-state index contributed by atoms with van der Waals surface area (Å²) in [6.45, 7) is 6.09. The van der Waals surface area contributed by atoms with E-state index in [0.29, 0.717) is 74.3 Å². The van der Waals surface area contributed by atoms with Crippen LogP contribution in [-0.4, -0.2) is 59.0 Å². The van der Waals surface area contributed by atoms with Gasteiger partial charge in [0, 0.05) is 30.2 Å². The molecule has 1 fully saturated rings. The molecule has 0 aliphatic carbocycles. The fourth-order valence-corrected chi connectivity index (χ4v) is 6.60. The van der Waals surface area contributed by atoms with E-state index in [-0.39, 0.29) is 17.7 Å². The van der Waals surface area contributed by atoms with Crippen LogP contribution in [0, 0.1) is 11.7 Å². The van der Waals surface area contributed by atoms with Gasteiger partial charge in [0.05, 0.1) is 23.6 Å².